The highest BCUT2D eigenvalue weighted by Crippen LogP contribution is 2.16. The average Bonchev–Trinajstić information content (AvgIpc) is 2.34. The molecule has 0 saturated carbocycles. The maximum atomic E-state index is 11.9. The van der Waals surface area contributed by atoms with Crippen LogP contribution in [0.5, 0.6) is 0 Å². The monoisotopic (exact) mass is 240 g/mol. The summed E-state index contributed by atoms with van der Waals surface area (Å²) in [5.74, 6) is -0.0186. The van der Waals surface area contributed by atoms with E-state index < -0.39 is 0 Å². The average molecular weight is 240 g/mol. The molecule has 3 heteroatoms. The van der Waals surface area contributed by atoms with Crippen LogP contribution >= 0.6 is 0 Å². The predicted octanol–water partition coefficient (Wildman–Crippen LogP) is 2.88. The molecule has 2 aromatic rings. The second-order valence-electron chi connectivity index (χ2n) is 4.40. The van der Waals surface area contributed by atoms with E-state index in [1.165, 1.54) is 5.56 Å². The third-order valence-corrected chi connectivity index (χ3v) is 2.74. The van der Waals surface area contributed by atoms with Crippen molar-refractivity contribution < 1.29 is 4.79 Å². The molecule has 3 nitrogen and oxygen atoms in total. The minimum absolute atomic E-state index is 0.0186. The predicted molar refractivity (Wildman–Crippen MR) is 72.5 cm³/mol. The minimum atomic E-state index is -0.0186. The van der Waals surface area contributed by atoms with Gasteiger partial charge in [0, 0.05) is 18.1 Å². The zero-order valence-electron chi connectivity index (χ0n) is 10.6. The number of carbonyl (C=O) groups excluding carboxylic acids is 1. The molecule has 1 amide bonds. The first-order chi connectivity index (χ1) is 8.65. The number of hydrogen-bond donors (Lipinski definition) is 1. The summed E-state index contributed by atoms with van der Waals surface area (Å²) < 4.78 is 0. The number of aryl methyl sites for hydroxylation is 2. The molecule has 1 N–H and O–H groups in total. The van der Waals surface area contributed by atoms with Crippen molar-refractivity contribution in [3.8, 4) is 0 Å². The van der Waals surface area contributed by atoms with Crippen LogP contribution in [0.3, 0.4) is 0 Å². The normalized spacial score (nSPS) is 10.1. The van der Waals surface area contributed by atoms with Crippen LogP contribution in [0.1, 0.15) is 16.7 Å². The van der Waals surface area contributed by atoms with E-state index in [1.807, 2.05) is 38.1 Å². The first kappa shape index (κ1) is 12.3. The van der Waals surface area contributed by atoms with Crippen molar-refractivity contribution in [1.82, 2.24) is 4.98 Å². The highest BCUT2D eigenvalue weighted by atomic mass is 16.1. The smallest absolute Gasteiger partial charge is 0.228 e. The molecular weight excluding hydrogens is 224 g/mol. The van der Waals surface area contributed by atoms with Crippen LogP contribution in [-0.2, 0) is 11.2 Å². The second kappa shape index (κ2) is 5.45. The van der Waals surface area contributed by atoms with Gasteiger partial charge in [0.05, 0.1) is 6.42 Å². The maximum Gasteiger partial charge on any atom is 0.228 e. The summed E-state index contributed by atoms with van der Waals surface area (Å²) in [5, 5.41) is 2.92. The molecule has 0 radical (unpaired) electrons. The van der Waals surface area contributed by atoms with E-state index >= 15 is 0 Å². The van der Waals surface area contributed by atoms with Crippen molar-refractivity contribution in [1.29, 1.82) is 0 Å². The van der Waals surface area contributed by atoms with Gasteiger partial charge in [0.15, 0.2) is 0 Å². The molecule has 0 aliphatic carbocycles. The fourth-order valence-corrected chi connectivity index (χ4v) is 1.84. The molecule has 2 rings (SSSR count). The Balaban J connectivity index is 2.03. The van der Waals surface area contributed by atoms with Crippen LogP contribution in [-0.4, -0.2) is 10.9 Å². The lowest BCUT2D eigenvalue weighted by Crippen LogP contribution is -2.15. The third kappa shape index (κ3) is 3.17. The van der Waals surface area contributed by atoms with Gasteiger partial charge >= 0.3 is 0 Å². The lowest BCUT2D eigenvalue weighted by molar-refractivity contribution is -0.115. The number of pyridine rings is 1. The lowest BCUT2D eigenvalue weighted by Gasteiger charge is -2.09. The van der Waals surface area contributed by atoms with Gasteiger partial charge in [-0.25, -0.2) is 0 Å². The van der Waals surface area contributed by atoms with Crippen molar-refractivity contribution in [2.75, 3.05) is 5.32 Å². The van der Waals surface area contributed by atoms with E-state index in [1.54, 1.807) is 12.4 Å². The molecule has 0 atom stereocenters. The quantitative estimate of drug-likeness (QED) is 0.896. The first-order valence-electron chi connectivity index (χ1n) is 5.91. The van der Waals surface area contributed by atoms with E-state index in [-0.39, 0.29) is 5.91 Å². The number of carbonyl (C=O) groups is 1. The molecule has 1 aromatic carbocycles. The van der Waals surface area contributed by atoms with Crippen LogP contribution in [0.2, 0.25) is 0 Å². The number of nitrogens with zero attached hydrogens (tertiary/aromatic N) is 1. The number of aromatic nitrogens is 1. The molecule has 0 aliphatic heterocycles. The van der Waals surface area contributed by atoms with Gasteiger partial charge in [-0.2, -0.15) is 0 Å². The van der Waals surface area contributed by atoms with Gasteiger partial charge in [-0.1, -0.05) is 23.8 Å². The molecule has 1 heterocycles. The van der Waals surface area contributed by atoms with Crippen LogP contribution in [0.4, 0.5) is 5.69 Å². The summed E-state index contributed by atoms with van der Waals surface area (Å²) in [7, 11) is 0. The fourth-order valence-electron chi connectivity index (χ4n) is 1.84. The summed E-state index contributed by atoms with van der Waals surface area (Å²) in [6, 6.07) is 9.71. The van der Waals surface area contributed by atoms with Crippen molar-refractivity contribution >= 4 is 11.6 Å². The Morgan fingerprint density at radius 3 is 2.78 bits per heavy atom. The van der Waals surface area contributed by atoms with Gasteiger partial charge in [-0.3, -0.25) is 9.78 Å². The first-order valence-corrected chi connectivity index (χ1v) is 5.91. The van der Waals surface area contributed by atoms with Gasteiger partial charge in [-0.05, 0) is 37.1 Å². The van der Waals surface area contributed by atoms with Gasteiger partial charge in [0.2, 0.25) is 5.91 Å². The number of amides is 1. The van der Waals surface area contributed by atoms with E-state index in [0.29, 0.717) is 6.42 Å². The molecule has 0 spiro atoms. The topological polar surface area (TPSA) is 42.0 Å². The van der Waals surface area contributed by atoms with Crippen molar-refractivity contribution in [2.45, 2.75) is 20.3 Å². The van der Waals surface area contributed by atoms with Crippen LogP contribution < -0.4 is 5.32 Å². The molecule has 1 aromatic heterocycles. The van der Waals surface area contributed by atoms with E-state index in [0.717, 1.165) is 16.8 Å². The summed E-state index contributed by atoms with van der Waals surface area (Å²) in [5.41, 5.74) is 4.06. The lowest BCUT2D eigenvalue weighted by atomic mass is 10.1. The summed E-state index contributed by atoms with van der Waals surface area (Å²) in [4.78, 5) is 15.9. The van der Waals surface area contributed by atoms with Crippen LogP contribution in [0.15, 0.2) is 42.7 Å². The zero-order valence-corrected chi connectivity index (χ0v) is 10.6. The SMILES string of the molecule is Cc1ccc(NC(=O)Cc2cccnc2)c(C)c1. The summed E-state index contributed by atoms with van der Waals surface area (Å²) >= 11 is 0. The van der Waals surface area contributed by atoms with Gasteiger partial charge in [0.25, 0.3) is 0 Å². The number of hydrogen-bond acceptors (Lipinski definition) is 2. The van der Waals surface area contributed by atoms with E-state index in [2.05, 4.69) is 16.4 Å². The number of rotatable bonds is 3. The molecule has 0 saturated heterocycles. The largest absolute Gasteiger partial charge is 0.326 e. The number of anilines is 1. The van der Waals surface area contributed by atoms with Crippen LogP contribution in [0.25, 0.3) is 0 Å². The zero-order chi connectivity index (χ0) is 13.0. The van der Waals surface area contributed by atoms with Crippen molar-refractivity contribution in [3.05, 3.63) is 59.4 Å². The Hall–Kier alpha value is -2.16. The standard InChI is InChI=1S/C15H16N2O/c1-11-5-6-14(12(2)8-11)17-15(18)9-13-4-3-7-16-10-13/h3-8,10H,9H2,1-2H3,(H,17,18). The number of benzene rings is 1. The minimum Gasteiger partial charge on any atom is -0.326 e. The molecular formula is C15H16N2O. The molecule has 0 fully saturated rings. The molecule has 0 unspecified atom stereocenters. The van der Waals surface area contributed by atoms with E-state index in [4.69, 9.17) is 0 Å². The second-order valence-corrected chi connectivity index (χ2v) is 4.40. The van der Waals surface area contributed by atoms with Gasteiger partial charge in [0.1, 0.15) is 0 Å². The third-order valence-electron chi connectivity index (χ3n) is 2.74. The van der Waals surface area contributed by atoms with Gasteiger partial charge in [-0.15, -0.1) is 0 Å². The Morgan fingerprint density at radius 2 is 2.11 bits per heavy atom. The Morgan fingerprint density at radius 1 is 1.28 bits per heavy atom. The maximum absolute atomic E-state index is 11.9. The molecule has 92 valence electrons. The summed E-state index contributed by atoms with van der Waals surface area (Å²) in [6.07, 6.45) is 3.76. The highest BCUT2D eigenvalue weighted by Gasteiger charge is 2.05. The number of nitrogens with one attached hydrogen (secondary N) is 1. The van der Waals surface area contributed by atoms with Crippen molar-refractivity contribution in [3.63, 3.8) is 0 Å². The Kier molecular flexibility index (Phi) is 3.72. The highest BCUT2D eigenvalue weighted by molar-refractivity contribution is 5.92. The van der Waals surface area contributed by atoms with Crippen molar-refractivity contribution in [2.24, 2.45) is 0 Å². The molecule has 0 bridgehead atoms. The Labute approximate surface area is 107 Å². The molecule has 0 aliphatic rings. The van der Waals surface area contributed by atoms with Crippen LogP contribution in [0, 0.1) is 13.8 Å². The summed E-state index contributed by atoms with van der Waals surface area (Å²) in [6.45, 7) is 4.03. The Bertz CT molecular complexity index is 550. The van der Waals surface area contributed by atoms with E-state index in [9.17, 15) is 4.79 Å². The molecule has 18 heavy (non-hydrogen) atoms. The van der Waals surface area contributed by atoms with Gasteiger partial charge < -0.3 is 5.32 Å². The fraction of sp³-hybridized carbons (Fsp3) is 0.200.